The molecule has 2 saturated carbocycles. The Morgan fingerprint density at radius 3 is 1.32 bits per heavy atom. The molecule has 0 saturated heterocycles. The van der Waals surface area contributed by atoms with Crippen molar-refractivity contribution in [1.29, 1.82) is 0 Å². The van der Waals surface area contributed by atoms with Gasteiger partial charge >= 0.3 is 333 Å². The first-order valence-corrected chi connectivity index (χ1v) is 34.1. The van der Waals surface area contributed by atoms with Crippen LogP contribution in [-0.2, 0) is 17.4 Å². The minimum absolute atomic E-state index is 0. The van der Waals surface area contributed by atoms with Crippen LogP contribution in [0.1, 0.15) is 122 Å². The van der Waals surface area contributed by atoms with Crippen molar-refractivity contribution in [3.8, 4) is 22.3 Å². The van der Waals surface area contributed by atoms with Gasteiger partial charge in [-0.2, -0.15) is 0 Å². The van der Waals surface area contributed by atoms with E-state index < -0.39 is 30.0 Å². The van der Waals surface area contributed by atoms with Crippen LogP contribution in [-0.4, -0.2) is 13.1 Å². The molecule has 7 heteroatoms. The summed E-state index contributed by atoms with van der Waals surface area (Å²) in [6.07, 6.45) is 12.1. The van der Waals surface area contributed by atoms with Gasteiger partial charge in [0.2, 0.25) is 0 Å². The van der Waals surface area contributed by atoms with Gasteiger partial charge in [-0.1, -0.05) is 0 Å². The van der Waals surface area contributed by atoms with E-state index in [1.54, 1.807) is 0 Å². The number of allylic oxidation sites excluding steroid dienone is 2. The molecule has 57 heavy (non-hydrogen) atoms. The molecule has 0 aliphatic heterocycles. The molecule has 2 atom stereocenters. The van der Waals surface area contributed by atoms with E-state index in [9.17, 15) is 13.2 Å². The van der Waals surface area contributed by atoms with E-state index in [1.807, 2.05) is 0 Å². The van der Waals surface area contributed by atoms with E-state index >= 15 is 0 Å². The smallest absolute Gasteiger partial charge is 0.147 e. The summed E-state index contributed by atoms with van der Waals surface area (Å²) in [5.74, 6) is 1.22. The van der Waals surface area contributed by atoms with Gasteiger partial charge in [-0.15, -0.1) is 24.8 Å². The normalized spacial score (nSPS) is 19.8. The first-order chi connectivity index (χ1) is 26.2. The van der Waals surface area contributed by atoms with E-state index in [4.69, 9.17) is 0 Å². The summed E-state index contributed by atoms with van der Waals surface area (Å²) in [5.41, 5.74) is 17.9. The fourth-order valence-corrected chi connectivity index (χ4v) is 35.8. The van der Waals surface area contributed by atoms with E-state index in [0.717, 1.165) is 12.8 Å². The van der Waals surface area contributed by atoms with Crippen LogP contribution in [0.2, 0.25) is 8.76 Å². The summed E-state index contributed by atoms with van der Waals surface area (Å²) < 4.78 is 47.6. The van der Waals surface area contributed by atoms with E-state index in [-0.39, 0.29) is 36.2 Å². The van der Waals surface area contributed by atoms with Crippen LogP contribution in [0.3, 0.4) is 0 Å². The molecule has 0 N–H and O–H groups in total. The summed E-state index contributed by atoms with van der Waals surface area (Å²) in [6.45, 7) is 10.8. The summed E-state index contributed by atoms with van der Waals surface area (Å²) in [4.78, 5) is 0. The second kappa shape index (κ2) is 17.1. The standard InChI is InChI=1S/2C23H25.C3H4F3.CH3.2ClH.H2Si.Zr/c2*1-16-10-17(2)12-21(11-16)22-9-5-8-20-14-19(15-23(20)22)13-18-6-3-4-7-18;1-2-3(4,5)6;;;;;/h2*5,8-12,14-15,18H,3-4,6-7,13H2,1-2H3;1-2H2;1H3;2*1H;1H2;. The Hall–Kier alpha value is -2.17. The molecule has 4 aliphatic carbocycles. The number of fused-ring (bicyclic) bond motifs is 2. The number of benzene rings is 4. The Labute approximate surface area is 354 Å². The number of halogens is 5. The van der Waals surface area contributed by atoms with Crippen molar-refractivity contribution in [3.05, 3.63) is 128 Å². The van der Waals surface area contributed by atoms with Crippen LogP contribution in [0.5, 0.6) is 0 Å². The molecule has 2 unspecified atom stereocenters. The number of hydrogen-bond acceptors (Lipinski definition) is 0. The topological polar surface area (TPSA) is 0 Å². The molecule has 4 aromatic carbocycles. The molecule has 0 spiro atoms. The Morgan fingerprint density at radius 1 is 0.596 bits per heavy atom. The molecule has 0 heterocycles. The molecule has 0 bridgehead atoms. The van der Waals surface area contributed by atoms with Crippen LogP contribution >= 0.6 is 24.8 Å². The van der Waals surface area contributed by atoms with Crippen LogP contribution in [0.15, 0.2) is 83.9 Å². The second-order valence-electron chi connectivity index (χ2n) is 19.0. The van der Waals surface area contributed by atoms with Crippen molar-refractivity contribution < 1.29 is 30.6 Å². The zero-order chi connectivity index (χ0) is 38.7. The molecule has 2 fully saturated rings. The predicted octanol–water partition coefficient (Wildman–Crippen LogP) is 15.5. The third kappa shape index (κ3) is 8.85. The van der Waals surface area contributed by atoms with Crippen LogP contribution < -0.4 is 0 Å². The monoisotopic (exact) mass is 906 g/mol. The van der Waals surface area contributed by atoms with Gasteiger partial charge in [0.15, 0.2) is 0 Å². The molecule has 0 aromatic heterocycles. The van der Waals surface area contributed by atoms with Gasteiger partial charge < -0.3 is 0 Å². The SMILES string of the molecule is Cc1cc(C)cc(-c2cccc3c2C=C(CC2CCCC2)[CH]3[Zr]([CH3])(=[SiH2])([CH2]CC(F)(F)F)[CH]2C(CC3CCCC3)=Cc3c(-c4cc(C)cc(C)c4)cccc32)c1.Cl.Cl. The van der Waals surface area contributed by atoms with Gasteiger partial charge in [-0.25, -0.2) is 0 Å². The minimum atomic E-state index is -4.77. The molecule has 0 radical (unpaired) electrons. The van der Waals surface area contributed by atoms with Crippen molar-refractivity contribution in [3.63, 3.8) is 0 Å². The molecular weight excluding hydrogens is 848 g/mol. The van der Waals surface area contributed by atoms with Crippen LogP contribution in [0, 0.1) is 39.5 Å². The van der Waals surface area contributed by atoms with Crippen molar-refractivity contribution in [2.24, 2.45) is 11.8 Å². The van der Waals surface area contributed by atoms with E-state index in [2.05, 4.69) is 124 Å². The third-order valence-electron chi connectivity index (χ3n) is 14.2. The third-order valence-corrected chi connectivity index (χ3v) is 37.1. The molecule has 8 rings (SSSR count). The maximum absolute atomic E-state index is 14.9. The summed E-state index contributed by atoms with van der Waals surface area (Å²) in [5, 5.41) is 0. The summed E-state index contributed by atoms with van der Waals surface area (Å²) >= 11 is -4.77. The predicted molar refractivity (Wildman–Crippen MR) is 242 cm³/mol. The van der Waals surface area contributed by atoms with Gasteiger partial charge in [0.1, 0.15) is 0 Å². The van der Waals surface area contributed by atoms with Crippen molar-refractivity contribution in [2.75, 3.05) is 0 Å². The van der Waals surface area contributed by atoms with Crippen molar-refractivity contribution in [1.82, 2.24) is 0 Å². The van der Waals surface area contributed by atoms with Crippen LogP contribution in [0.25, 0.3) is 34.4 Å². The number of hydrogen-bond donors (Lipinski definition) is 0. The molecule has 4 aromatic rings. The first-order valence-electron chi connectivity index (χ1n) is 21.1. The van der Waals surface area contributed by atoms with Gasteiger partial charge in [0, 0.05) is 0 Å². The largest absolute Gasteiger partial charge is 0.147 e. The van der Waals surface area contributed by atoms with E-state index in [0.29, 0.717) is 11.8 Å². The van der Waals surface area contributed by atoms with Gasteiger partial charge in [0.05, 0.1) is 0 Å². The summed E-state index contributed by atoms with van der Waals surface area (Å²) in [6, 6.07) is 27.2. The Bertz CT molecular complexity index is 2090. The molecular formula is C50H61Cl2F3SiZr. The van der Waals surface area contributed by atoms with Crippen molar-refractivity contribution >= 4 is 43.8 Å². The Kier molecular flexibility index (Phi) is 13.3. The maximum atomic E-state index is 14.9. The maximum Gasteiger partial charge on any atom is -0.147 e. The second-order valence-corrected chi connectivity index (χ2v) is 47.4. The first kappa shape index (κ1) is 44.4. The van der Waals surface area contributed by atoms with Gasteiger partial charge in [-0.05, 0) is 0 Å². The number of aryl methyl sites for hydroxylation is 4. The Morgan fingerprint density at radius 2 is 0.965 bits per heavy atom. The molecule has 304 valence electrons. The number of rotatable bonds is 10. The average Bonchev–Trinajstić information content (AvgIpc) is 3.93. The zero-order valence-corrected chi connectivity index (χ0v) is 40.0. The fourth-order valence-electron chi connectivity index (χ4n) is 12.1. The number of alkyl halides is 3. The van der Waals surface area contributed by atoms with Gasteiger partial charge in [0.25, 0.3) is 0 Å². The van der Waals surface area contributed by atoms with Gasteiger partial charge in [-0.3, -0.25) is 0 Å². The van der Waals surface area contributed by atoms with Crippen LogP contribution in [0.4, 0.5) is 13.2 Å². The molecule has 0 amide bonds. The Balaban J connectivity index is 0.00000275. The van der Waals surface area contributed by atoms with Crippen molar-refractivity contribution in [2.45, 2.75) is 121 Å². The zero-order valence-electron chi connectivity index (χ0n) is 34.5. The molecule has 4 aliphatic rings. The average molecular weight is 909 g/mol. The summed E-state index contributed by atoms with van der Waals surface area (Å²) in [7, 11) is 0. The molecule has 0 nitrogen and oxygen atoms in total. The minimum Gasteiger partial charge on any atom is -0.147 e. The quantitative estimate of drug-likeness (QED) is 0.139. The van der Waals surface area contributed by atoms with E-state index in [1.165, 1.54) is 129 Å². The fraction of sp³-hybridized carbons (Fsp3) is 0.440.